The molecule has 0 atom stereocenters. The quantitative estimate of drug-likeness (QED) is 0.641. The van der Waals surface area contributed by atoms with E-state index < -0.39 is 12.1 Å². The molecule has 8 heteroatoms. The summed E-state index contributed by atoms with van der Waals surface area (Å²) in [7, 11) is 0. The molecular formula is C21H23F3N2O3. The Morgan fingerprint density at radius 1 is 1.00 bits per heavy atom. The molecule has 5 nitrogen and oxygen atoms in total. The van der Waals surface area contributed by atoms with E-state index >= 15 is 0 Å². The Morgan fingerprint density at radius 2 is 1.62 bits per heavy atom. The summed E-state index contributed by atoms with van der Waals surface area (Å²) >= 11 is 0. The summed E-state index contributed by atoms with van der Waals surface area (Å²) in [5, 5.41) is 4.51. The molecule has 0 saturated carbocycles. The van der Waals surface area contributed by atoms with E-state index in [1.807, 2.05) is 32.0 Å². The van der Waals surface area contributed by atoms with Crippen LogP contribution in [-0.4, -0.2) is 24.6 Å². The third-order valence-corrected chi connectivity index (χ3v) is 4.16. The highest BCUT2D eigenvalue weighted by molar-refractivity contribution is 5.94. The van der Waals surface area contributed by atoms with Crippen LogP contribution in [0.1, 0.15) is 29.5 Å². The van der Waals surface area contributed by atoms with Crippen LogP contribution >= 0.6 is 0 Å². The number of carbonyl (C=O) groups is 2. The molecule has 2 amide bonds. The van der Waals surface area contributed by atoms with E-state index in [2.05, 4.69) is 5.32 Å². The van der Waals surface area contributed by atoms with Gasteiger partial charge in [-0.05, 0) is 49.1 Å². The maximum atomic E-state index is 12.2. The lowest BCUT2D eigenvalue weighted by molar-refractivity contribution is -0.167. The van der Waals surface area contributed by atoms with E-state index in [4.69, 9.17) is 4.74 Å². The predicted octanol–water partition coefficient (Wildman–Crippen LogP) is 4.28. The zero-order chi connectivity index (χ0) is 21.4. The number of halogens is 3. The zero-order valence-corrected chi connectivity index (χ0v) is 16.2. The number of rotatable bonds is 8. The smallest absolute Gasteiger partial charge is 0.471 e. The molecule has 2 rings (SSSR count). The van der Waals surface area contributed by atoms with E-state index in [-0.39, 0.29) is 18.1 Å². The third-order valence-electron chi connectivity index (χ3n) is 4.16. The first-order valence-electron chi connectivity index (χ1n) is 9.09. The molecule has 0 saturated heterocycles. The standard InChI is InChI=1S/C21H23F3N2O3/c1-14-5-3-6-15(2)19(14)29-12-4-7-18(27)25-13-16-8-10-17(11-9-16)26-20(28)21(22,23)24/h3,5-6,8-11H,4,7,12-13H2,1-2H3,(H,25,27)(H,26,28). The van der Waals surface area contributed by atoms with Gasteiger partial charge < -0.3 is 15.4 Å². The Labute approximate surface area is 167 Å². The van der Waals surface area contributed by atoms with Crippen LogP contribution in [0.15, 0.2) is 42.5 Å². The number of alkyl halides is 3. The number of nitrogens with one attached hydrogen (secondary N) is 2. The van der Waals surface area contributed by atoms with Gasteiger partial charge in [-0.15, -0.1) is 0 Å². The van der Waals surface area contributed by atoms with Gasteiger partial charge in [0.2, 0.25) is 5.91 Å². The lowest BCUT2D eigenvalue weighted by Gasteiger charge is -2.12. The second-order valence-electron chi connectivity index (χ2n) is 6.60. The molecule has 2 aromatic carbocycles. The molecule has 0 radical (unpaired) electrons. The summed E-state index contributed by atoms with van der Waals surface area (Å²) in [5.41, 5.74) is 2.83. The van der Waals surface area contributed by atoms with Crippen LogP contribution in [0.25, 0.3) is 0 Å². The largest absolute Gasteiger partial charge is 0.493 e. The summed E-state index contributed by atoms with van der Waals surface area (Å²) < 4.78 is 42.4. The minimum atomic E-state index is -4.94. The van der Waals surface area contributed by atoms with E-state index in [1.165, 1.54) is 24.3 Å². The fourth-order valence-electron chi connectivity index (χ4n) is 2.63. The average molecular weight is 408 g/mol. The van der Waals surface area contributed by atoms with Gasteiger partial charge >= 0.3 is 12.1 Å². The molecule has 0 heterocycles. The second kappa shape index (κ2) is 9.95. The number of benzene rings is 2. The van der Waals surface area contributed by atoms with Crippen LogP contribution in [-0.2, 0) is 16.1 Å². The molecule has 0 unspecified atom stereocenters. The maximum Gasteiger partial charge on any atom is 0.471 e. The first-order valence-corrected chi connectivity index (χ1v) is 9.09. The molecule has 0 bridgehead atoms. The monoisotopic (exact) mass is 408 g/mol. The average Bonchev–Trinajstić information content (AvgIpc) is 2.65. The fraction of sp³-hybridized carbons (Fsp3) is 0.333. The number of carbonyl (C=O) groups excluding carboxylic acids is 2. The van der Waals surface area contributed by atoms with Gasteiger partial charge in [0.1, 0.15) is 5.75 Å². The van der Waals surface area contributed by atoms with Crippen LogP contribution in [0.3, 0.4) is 0 Å². The number of para-hydroxylation sites is 1. The second-order valence-corrected chi connectivity index (χ2v) is 6.60. The molecule has 0 aliphatic rings. The van der Waals surface area contributed by atoms with Crippen LogP contribution < -0.4 is 15.4 Å². The maximum absolute atomic E-state index is 12.2. The van der Waals surface area contributed by atoms with E-state index in [1.54, 1.807) is 5.32 Å². The number of hydrogen-bond acceptors (Lipinski definition) is 3. The van der Waals surface area contributed by atoms with Crippen molar-refractivity contribution in [1.82, 2.24) is 5.32 Å². The van der Waals surface area contributed by atoms with Gasteiger partial charge in [-0.25, -0.2) is 0 Å². The Balaban J connectivity index is 1.70. The van der Waals surface area contributed by atoms with Crippen molar-refractivity contribution in [2.24, 2.45) is 0 Å². The topological polar surface area (TPSA) is 67.4 Å². The van der Waals surface area contributed by atoms with Crippen molar-refractivity contribution in [3.8, 4) is 5.75 Å². The van der Waals surface area contributed by atoms with Gasteiger partial charge in [-0.2, -0.15) is 13.2 Å². The van der Waals surface area contributed by atoms with Crippen LogP contribution in [0.2, 0.25) is 0 Å². The SMILES string of the molecule is Cc1cccc(C)c1OCCCC(=O)NCc1ccc(NC(=O)C(F)(F)F)cc1. The fourth-order valence-corrected chi connectivity index (χ4v) is 2.63. The molecule has 0 fully saturated rings. The highest BCUT2D eigenvalue weighted by Crippen LogP contribution is 2.22. The summed E-state index contributed by atoms with van der Waals surface area (Å²) in [4.78, 5) is 22.8. The molecule has 0 aliphatic heterocycles. The molecule has 2 N–H and O–H groups in total. The van der Waals surface area contributed by atoms with Crippen molar-refractivity contribution >= 4 is 17.5 Å². The Kier molecular flexibility index (Phi) is 7.64. The van der Waals surface area contributed by atoms with Crippen molar-refractivity contribution in [2.75, 3.05) is 11.9 Å². The molecule has 0 aromatic heterocycles. The Bertz CT molecular complexity index is 829. The first-order chi connectivity index (χ1) is 13.7. The van der Waals surface area contributed by atoms with Crippen LogP contribution in [0.4, 0.5) is 18.9 Å². The number of aryl methyl sites for hydroxylation is 2. The minimum absolute atomic E-state index is 0.0334. The van der Waals surface area contributed by atoms with E-state index in [0.717, 1.165) is 16.9 Å². The number of amides is 2. The summed E-state index contributed by atoms with van der Waals surface area (Å²) in [6.07, 6.45) is -4.08. The number of ether oxygens (including phenoxy) is 1. The van der Waals surface area contributed by atoms with Gasteiger partial charge in [-0.3, -0.25) is 9.59 Å². The summed E-state index contributed by atoms with van der Waals surface area (Å²) in [6, 6.07) is 11.7. The van der Waals surface area contributed by atoms with Gasteiger partial charge in [-0.1, -0.05) is 30.3 Å². The van der Waals surface area contributed by atoms with E-state index in [0.29, 0.717) is 25.0 Å². The van der Waals surface area contributed by atoms with Gasteiger partial charge in [0, 0.05) is 18.7 Å². The van der Waals surface area contributed by atoms with Gasteiger partial charge in [0.05, 0.1) is 6.61 Å². The minimum Gasteiger partial charge on any atom is -0.493 e. The molecule has 29 heavy (non-hydrogen) atoms. The lowest BCUT2D eigenvalue weighted by Crippen LogP contribution is -2.29. The van der Waals surface area contributed by atoms with Crippen LogP contribution in [0.5, 0.6) is 5.75 Å². The molecule has 0 spiro atoms. The summed E-state index contributed by atoms with van der Waals surface area (Å²) in [6.45, 7) is 4.60. The summed E-state index contributed by atoms with van der Waals surface area (Å²) in [5.74, 6) is -1.34. The molecule has 0 aliphatic carbocycles. The predicted molar refractivity (Wildman–Crippen MR) is 104 cm³/mol. The van der Waals surface area contributed by atoms with Crippen LogP contribution in [0, 0.1) is 13.8 Å². The van der Waals surface area contributed by atoms with Gasteiger partial charge in [0.25, 0.3) is 0 Å². The Morgan fingerprint density at radius 3 is 2.21 bits per heavy atom. The van der Waals surface area contributed by atoms with Crippen molar-refractivity contribution in [2.45, 2.75) is 39.4 Å². The normalized spacial score (nSPS) is 11.1. The molecule has 2 aromatic rings. The van der Waals surface area contributed by atoms with Crippen molar-refractivity contribution < 1.29 is 27.5 Å². The van der Waals surface area contributed by atoms with Crippen molar-refractivity contribution in [1.29, 1.82) is 0 Å². The third kappa shape index (κ3) is 7.14. The molecular weight excluding hydrogens is 385 g/mol. The van der Waals surface area contributed by atoms with Crippen molar-refractivity contribution in [3.63, 3.8) is 0 Å². The number of hydrogen-bond donors (Lipinski definition) is 2. The van der Waals surface area contributed by atoms with Crippen molar-refractivity contribution in [3.05, 3.63) is 59.2 Å². The Hall–Kier alpha value is -3.03. The lowest BCUT2D eigenvalue weighted by atomic mass is 10.1. The molecule has 156 valence electrons. The van der Waals surface area contributed by atoms with E-state index in [9.17, 15) is 22.8 Å². The number of anilines is 1. The first kappa shape index (κ1) is 22.3. The van der Waals surface area contributed by atoms with Gasteiger partial charge in [0.15, 0.2) is 0 Å². The highest BCUT2D eigenvalue weighted by Gasteiger charge is 2.38. The zero-order valence-electron chi connectivity index (χ0n) is 16.2. The highest BCUT2D eigenvalue weighted by atomic mass is 19.4.